The Morgan fingerprint density at radius 2 is 1.71 bits per heavy atom. The zero-order valence-electron chi connectivity index (χ0n) is 12.6. The third-order valence-electron chi connectivity index (χ3n) is 3.14. The summed E-state index contributed by atoms with van der Waals surface area (Å²) in [6.07, 6.45) is 5.98. The summed E-state index contributed by atoms with van der Waals surface area (Å²) in [7, 11) is 0. The number of hydrogen-bond acceptors (Lipinski definition) is 1. The van der Waals surface area contributed by atoms with Crippen molar-refractivity contribution in [3.8, 4) is 0 Å². The van der Waals surface area contributed by atoms with Gasteiger partial charge in [-0.25, -0.2) is 0 Å². The molecule has 1 nitrogen and oxygen atoms in total. The monoisotopic (exact) mass is 238 g/mol. The van der Waals surface area contributed by atoms with E-state index >= 15 is 0 Å². The van der Waals surface area contributed by atoms with Crippen LogP contribution in [0.5, 0.6) is 0 Å². The van der Waals surface area contributed by atoms with Crippen molar-refractivity contribution in [2.45, 2.75) is 60.8 Å². The van der Waals surface area contributed by atoms with Gasteiger partial charge in [-0.3, -0.25) is 0 Å². The van der Waals surface area contributed by atoms with Crippen molar-refractivity contribution in [3.63, 3.8) is 0 Å². The van der Waals surface area contributed by atoms with Gasteiger partial charge in [0.25, 0.3) is 0 Å². The number of ether oxygens (including phenoxy) is 1. The van der Waals surface area contributed by atoms with Crippen LogP contribution < -0.4 is 0 Å². The fourth-order valence-corrected chi connectivity index (χ4v) is 1.45. The van der Waals surface area contributed by atoms with E-state index < -0.39 is 0 Å². The Bertz CT molecular complexity index is 253. The van der Waals surface area contributed by atoms with Crippen LogP contribution in [0.2, 0.25) is 0 Å². The van der Waals surface area contributed by atoms with Crippen molar-refractivity contribution >= 4 is 0 Å². The van der Waals surface area contributed by atoms with E-state index in [-0.39, 0.29) is 0 Å². The first-order valence-electron chi connectivity index (χ1n) is 6.77. The molecule has 0 saturated heterocycles. The van der Waals surface area contributed by atoms with E-state index in [0.29, 0.717) is 0 Å². The number of rotatable bonds is 8. The number of hydrogen-bond donors (Lipinski definition) is 0. The molecular formula is C16H30O. The molecule has 0 radical (unpaired) electrons. The van der Waals surface area contributed by atoms with E-state index in [0.717, 1.165) is 19.1 Å². The van der Waals surface area contributed by atoms with Gasteiger partial charge in [0.2, 0.25) is 0 Å². The molecule has 0 amide bonds. The molecule has 0 rings (SSSR count). The van der Waals surface area contributed by atoms with Crippen molar-refractivity contribution in [1.82, 2.24) is 0 Å². The normalized spacial score (nSPS) is 12.1. The predicted octanol–water partition coefficient (Wildman–Crippen LogP) is 5.13. The van der Waals surface area contributed by atoms with Crippen LogP contribution >= 0.6 is 0 Å². The highest BCUT2D eigenvalue weighted by atomic mass is 16.5. The van der Waals surface area contributed by atoms with Crippen molar-refractivity contribution in [3.05, 3.63) is 22.8 Å². The standard InChI is InChI=1S/C16H30O/c1-13(2)8-7-9-15(5)10-11-17-12-16(6)14(3)4/h8,15H,7,9-12H2,1-6H3. The summed E-state index contributed by atoms with van der Waals surface area (Å²) in [4.78, 5) is 0. The lowest BCUT2D eigenvalue weighted by Gasteiger charge is -2.11. The third-order valence-corrected chi connectivity index (χ3v) is 3.14. The van der Waals surface area contributed by atoms with E-state index in [4.69, 9.17) is 4.74 Å². The summed E-state index contributed by atoms with van der Waals surface area (Å²) in [5, 5.41) is 0. The predicted molar refractivity (Wildman–Crippen MR) is 77.3 cm³/mol. The van der Waals surface area contributed by atoms with E-state index in [2.05, 4.69) is 47.6 Å². The molecule has 0 aromatic carbocycles. The maximum atomic E-state index is 5.68. The minimum Gasteiger partial charge on any atom is -0.377 e. The summed E-state index contributed by atoms with van der Waals surface area (Å²) >= 11 is 0. The molecule has 0 saturated carbocycles. The van der Waals surface area contributed by atoms with Crippen molar-refractivity contribution in [2.24, 2.45) is 5.92 Å². The summed E-state index contributed by atoms with van der Waals surface area (Å²) in [5.41, 5.74) is 4.16. The SMILES string of the molecule is CC(C)=CCCC(C)CCOCC(C)=C(C)C. The molecule has 0 heterocycles. The summed E-state index contributed by atoms with van der Waals surface area (Å²) in [6.45, 7) is 14.8. The highest BCUT2D eigenvalue weighted by Crippen LogP contribution is 2.12. The van der Waals surface area contributed by atoms with Gasteiger partial charge in [-0.1, -0.05) is 24.1 Å². The van der Waals surface area contributed by atoms with Gasteiger partial charge in [0.05, 0.1) is 6.61 Å². The Hall–Kier alpha value is -0.560. The highest BCUT2D eigenvalue weighted by molar-refractivity contribution is 5.06. The Balaban J connectivity index is 3.55. The van der Waals surface area contributed by atoms with Gasteiger partial charge >= 0.3 is 0 Å². The molecule has 0 aromatic heterocycles. The van der Waals surface area contributed by atoms with E-state index in [1.165, 1.54) is 36.0 Å². The minimum absolute atomic E-state index is 0.762. The minimum atomic E-state index is 0.762. The Morgan fingerprint density at radius 3 is 2.24 bits per heavy atom. The second kappa shape index (κ2) is 9.47. The van der Waals surface area contributed by atoms with E-state index in [1.54, 1.807) is 0 Å². The lowest BCUT2D eigenvalue weighted by molar-refractivity contribution is 0.140. The molecule has 0 fully saturated rings. The fraction of sp³-hybridized carbons (Fsp3) is 0.750. The van der Waals surface area contributed by atoms with Crippen LogP contribution in [0.3, 0.4) is 0 Å². The van der Waals surface area contributed by atoms with Crippen LogP contribution in [-0.4, -0.2) is 13.2 Å². The first-order valence-corrected chi connectivity index (χ1v) is 6.77. The largest absolute Gasteiger partial charge is 0.377 e. The van der Waals surface area contributed by atoms with Gasteiger partial charge < -0.3 is 4.74 Å². The quantitative estimate of drug-likeness (QED) is 0.420. The van der Waals surface area contributed by atoms with Gasteiger partial charge in [0.1, 0.15) is 0 Å². The number of allylic oxidation sites excluding steroid dienone is 3. The molecule has 0 aliphatic rings. The van der Waals surface area contributed by atoms with Crippen LogP contribution in [0.15, 0.2) is 22.8 Å². The first kappa shape index (κ1) is 16.4. The molecule has 1 heteroatoms. The average molecular weight is 238 g/mol. The van der Waals surface area contributed by atoms with Crippen molar-refractivity contribution in [1.29, 1.82) is 0 Å². The fourth-order valence-electron chi connectivity index (χ4n) is 1.45. The van der Waals surface area contributed by atoms with Crippen LogP contribution in [0.4, 0.5) is 0 Å². The van der Waals surface area contributed by atoms with Crippen LogP contribution in [-0.2, 0) is 4.74 Å². The Kier molecular flexibility index (Phi) is 9.16. The van der Waals surface area contributed by atoms with Gasteiger partial charge in [-0.2, -0.15) is 0 Å². The van der Waals surface area contributed by atoms with Gasteiger partial charge in [-0.15, -0.1) is 0 Å². The van der Waals surface area contributed by atoms with Crippen LogP contribution in [0, 0.1) is 5.92 Å². The molecule has 0 N–H and O–H groups in total. The Morgan fingerprint density at radius 1 is 1.06 bits per heavy atom. The van der Waals surface area contributed by atoms with Crippen molar-refractivity contribution in [2.75, 3.05) is 13.2 Å². The lowest BCUT2D eigenvalue weighted by atomic mass is 10.0. The molecule has 0 aliphatic carbocycles. The van der Waals surface area contributed by atoms with Gasteiger partial charge in [0.15, 0.2) is 0 Å². The van der Waals surface area contributed by atoms with Gasteiger partial charge in [-0.05, 0) is 65.4 Å². The Labute approximate surface area is 108 Å². The first-order chi connectivity index (χ1) is 7.93. The third kappa shape index (κ3) is 10.3. The topological polar surface area (TPSA) is 9.23 Å². The van der Waals surface area contributed by atoms with E-state index in [1.807, 2.05) is 0 Å². The maximum absolute atomic E-state index is 5.68. The molecule has 100 valence electrons. The van der Waals surface area contributed by atoms with Crippen molar-refractivity contribution < 1.29 is 4.74 Å². The summed E-state index contributed by atoms with van der Waals surface area (Å²) in [5.74, 6) is 0.762. The molecule has 1 atom stereocenters. The second-order valence-electron chi connectivity index (χ2n) is 5.59. The zero-order valence-corrected chi connectivity index (χ0v) is 12.6. The molecule has 0 aliphatic heterocycles. The smallest absolute Gasteiger partial charge is 0.0676 e. The maximum Gasteiger partial charge on any atom is 0.0676 e. The molecule has 0 bridgehead atoms. The zero-order chi connectivity index (χ0) is 13.3. The highest BCUT2D eigenvalue weighted by Gasteiger charge is 2.01. The van der Waals surface area contributed by atoms with Crippen LogP contribution in [0.25, 0.3) is 0 Å². The van der Waals surface area contributed by atoms with Crippen LogP contribution in [0.1, 0.15) is 60.8 Å². The molecule has 1 unspecified atom stereocenters. The van der Waals surface area contributed by atoms with E-state index in [9.17, 15) is 0 Å². The molecule has 17 heavy (non-hydrogen) atoms. The molecule has 0 aromatic rings. The molecular weight excluding hydrogens is 208 g/mol. The summed E-state index contributed by atoms with van der Waals surface area (Å²) in [6, 6.07) is 0. The molecule has 0 spiro atoms. The lowest BCUT2D eigenvalue weighted by Crippen LogP contribution is -2.04. The second-order valence-corrected chi connectivity index (χ2v) is 5.59. The average Bonchev–Trinajstić information content (AvgIpc) is 2.23. The van der Waals surface area contributed by atoms with Gasteiger partial charge in [0, 0.05) is 6.61 Å². The summed E-state index contributed by atoms with van der Waals surface area (Å²) < 4.78 is 5.68.